The fraction of sp³-hybridized carbons (Fsp3) is 0.750. The van der Waals surface area contributed by atoms with Gasteiger partial charge in [0.15, 0.2) is 0 Å². The third-order valence-electron chi connectivity index (χ3n) is 5.89. The van der Waals surface area contributed by atoms with Crippen LogP contribution in [-0.2, 0) is 9.53 Å². The number of piperidine rings is 1. The third-order valence-corrected chi connectivity index (χ3v) is 5.89. The van der Waals surface area contributed by atoms with E-state index in [-0.39, 0.29) is 0 Å². The van der Waals surface area contributed by atoms with Gasteiger partial charge < -0.3 is 19.4 Å². The maximum absolute atomic E-state index is 12.5. The topological polar surface area (TPSA) is 65.0 Å². The van der Waals surface area contributed by atoms with Crippen LogP contribution in [0.15, 0.2) is 6.07 Å². The summed E-state index contributed by atoms with van der Waals surface area (Å²) in [7, 11) is 0. The molecule has 8 heteroatoms. The highest BCUT2D eigenvalue weighted by Gasteiger charge is 2.24. The summed E-state index contributed by atoms with van der Waals surface area (Å²) in [5.41, 5.74) is 0.995. The second-order valence-electron chi connectivity index (χ2n) is 7.97. The van der Waals surface area contributed by atoms with Crippen molar-refractivity contribution in [2.75, 3.05) is 81.9 Å². The number of anilines is 2. The van der Waals surface area contributed by atoms with Gasteiger partial charge in [-0.25, -0.2) is 4.98 Å². The molecular weight excluding hydrogens is 356 g/mol. The number of hydrogen-bond donors (Lipinski definition) is 0. The number of ether oxygens (including phenoxy) is 1. The van der Waals surface area contributed by atoms with E-state index in [0.29, 0.717) is 12.5 Å². The van der Waals surface area contributed by atoms with E-state index in [4.69, 9.17) is 9.72 Å². The maximum Gasteiger partial charge on any atom is 0.236 e. The molecule has 3 aliphatic heterocycles. The van der Waals surface area contributed by atoms with Gasteiger partial charge in [0.1, 0.15) is 5.82 Å². The number of hydrogen-bond acceptors (Lipinski definition) is 7. The Hall–Kier alpha value is -1.93. The number of carbonyl (C=O) groups excluding carboxylic acids is 1. The van der Waals surface area contributed by atoms with Crippen LogP contribution in [0.4, 0.5) is 11.8 Å². The van der Waals surface area contributed by atoms with E-state index < -0.39 is 0 Å². The molecular formula is C20H32N6O2. The molecule has 3 aliphatic rings. The van der Waals surface area contributed by atoms with Crippen LogP contribution in [0.25, 0.3) is 0 Å². The van der Waals surface area contributed by atoms with Crippen molar-refractivity contribution in [3.05, 3.63) is 11.8 Å². The van der Waals surface area contributed by atoms with Crippen LogP contribution in [0.5, 0.6) is 0 Å². The Balaban J connectivity index is 1.33. The van der Waals surface area contributed by atoms with E-state index in [0.717, 1.165) is 95.9 Å². The molecule has 1 amide bonds. The van der Waals surface area contributed by atoms with Crippen LogP contribution in [0.2, 0.25) is 0 Å². The summed E-state index contributed by atoms with van der Waals surface area (Å²) in [6, 6.07) is 2.07. The minimum absolute atomic E-state index is 0.292. The molecule has 3 saturated heterocycles. The molecule has 8 nitrogen and oxygen atoms in total. The molecule has 1 aromatic rings. The number of morpholine rings is 1. The minimum Gasteiger partial charge on any atom is -0.378 e. The van der Waals surface area contributed by atoms with Crippen molar-refractivity contribution in [3.8, 4) is 0 Å². The second-order valence-corrected chi connectivity index (χ2v) is 7.97. The van der Waals surface area contributed by atoms with Crippen LogP contribution in [0.1, 0.15) is 25.0 Å². The first-order valence-electron chi connectivity index (χ1n) is 10.6. The Bertz CT molecular complexity index is 665. The van der Waals surface area contributed by atoms with Crippen LogP contribution in [0.3, 0.4) is 0 Å². The number of carbonyl (C=O) groups is 1. The predicted molar refractivity (Wildman–Crippen MR) is 109 cm³/mol. The highest BCUT2D eigenvalue weighted by molar-refractivity contribution is 5.78. The van der Waals surface area contributed by atoms with E-state index in [1.54, 1.807) is 0 Å². The summed E-state index contributed by atoms with van der Waals surface area (Å²) in [4.78, 5) is 30.8. The lowest BCUT2D eigenvalue weighted by molar-refractivity contribution is -0.133. The fourth-order valence-electron chi connectivity index (χ4n) is 4.17. The lowest BCUT2D eigenvalue weighted by Gasteiger charge is -2.37. The van der Waals surface area contributed by atoms with Crippen molar-refractivity contribution in [1.29, 1.82) is 0 Å². The molecule has 4 heterocycles. The Morgan fingerprint density at radius 1 is 0.929 bits per heavy atom. The van der Waals surface area contributed by atoms with Gasteiger partial charge >= 0.3 is 0 Å². The quantitative estimate of drug-likeness (QED) is 0.754. The number of rotatable bonds is 4. The van der Waals surface area contributed by atoms with Gasteiger partial charge in [0.05, 0.1) is 19.8 Å². The Labute approximate surface area is 167 Å². The first kappa shape index (κ1) is 19.4. The molecule has 1 aromatic heterocycles. The molecule has 0 aliphatic carbocycles. The summed E-state index contributed by atoms with van der Waals surface area (Å²) in [6.07, 6.45) is 3.56. The number of amides is 1. The van der Waals surface area contributed by atoms with Gasteiger partial charge in [0.2, 0.25) is 11.9 Å². The summed E-state index contributed by atoms with van der Waals surface area (Å²) in [5.74, 6) is 2.10. The van der Waals surface area contributed by atoms with Crippen molar-refractivity contribution in [3.63, 3.8) is 0 Å². The molecule has 0 unspecified atom stereocenters. The Morgan fingerprint density at radius 2 is 1.64 bits per heavy atom. The lowest BCUT2D eigenvalue weighted by Crippen LogP contribution is -2.51. The number of aryl methyl sites for hydroxylation is 1. The van der Waals surface area contributed by atoms with E-state index in [1.807, 2.05) is 11.8 Å². The molecule has 0 saturated carbocycles. The van der Waals surface area contributed by atoms with Gasteiger partial charge in [-0.05, 0) is 26.2 Å². The average Bonchev–Trinajstić information content (AvgIpc) is 2.75. The maximum atomic E-state index is 12.5. The zero-order valence-electron chi connectivity index (χ0n) is 17.0. The van der Waals surface area contributed by atoms with Crippen LogP contribution in [0, 0.1) is 6.92 Å². The van der Waals surface area contributed by atoms with Crippen molar-refractivity contribution in [1.82, 2.24) is 19.8 Å². The van der Waals surface area contributed by atoms with Crippen molar-refractivity contribution in [2.24, 2.45) is 0 Å². The van der Waals surface area contributed by atoms with E-state index >= 15 is 0 Å². The standard InChI is InChI=1S/C20H32N6O2/c1-17-15-18(22-20(21-17)26-11-13-28-14-12-26)24-9-7-23(8-10-24)16-19(27)25-5-3-2-4-6-25/h15H,2-14,16H2,1H3. The first-order chi connectivity index (χ1) is 13.7. The first-order valence-corrected chi connectivity index (χ1v) is 10.6. The van der Waals surface area contributed by atoms with Gasteiger partial charge in [-0.2, -0.15) is 4.98 Å². The molecule has 0 N–H and O–H groups in total. The highest BCUT2D eigenvalue weighted by atomic mass is 16.5. The van der Waals surface area contributed by atoms with E-state index in [2.05, 4.69) is 25.8 Å². The minimum atomic E-state index is 0.292. The molecule has 0 radical (unpaired) electrons. The normalized spacial score (nSPS) is 21.8. The molecule has 0 aromatic carbocycles. The molecule has 0 atom stereocenters. The predicted octanol–water partition coefficient (Wildman–Crippen LogP) is 0.756. The van der Waals surface area contributed by atoms with Gasteiger partial charge in [0.25, 0.3) is 0 Å². The molecule has 0 bridgehead atoms. The second kappa shape index (κ2) is 9.05. The number of nitrogens with zero attached hydrogens (tertiary/aromatic N) is 6. The van der Waals surface area contributed by atoms with Crippen molar-refractivity contribution >= 4 is 17.7 Å². The fourth-order valence-corrected chi connectivity index (χ4v) is 4.17. The number of likely N-dealkylation sites (tertiary alicyclic amines) is 1. The largest absolute Gasteiger partial charge is 0.378 e. The average molecular weight is 389 g/mol. The molecule has 154 valence electrons. The SMILES string of the molecule is Cc1cc(N2CCN(CC(=O)N3CCCCC3)CC2)nc(N2CCOCC2)n1. The zero-order chi connectivity index (χ0) is 19.3. The lowest BCUT2D eigenvalue weighted by atomic mass is 10.1. The summed E-state index contributed by atoms with van der Waals surface area (Å²) < 4.78 is 5.44. The monoisotopic (exact) mass is 388 g/mol. The van der Waals surface area contributed by atoms with E-state index in [9.17, 15) is 4.79 Å². The summed E-state index contributed by atoms with van der Waals surface area (Å²) in [6.45, 7) is 11.2. The highest BCUT2D eigenvalue weighted by Crippen LogP contribution is 2.20. The smallest absolute Gasteiger partial charge is 0.236 e. The number of aromatic nitrogens is 2. The Kier molecular flexibility index (Phi) is 6.26. The molecule has 0 spiro atoms. The van der Waals surface area contributed by atoms with Gasteiger partial charge in [-0.15, -0.1) is 0 Å². The van der Waals surface area contributed by atoms with Gasteiger partial charge in [-0.1, -0.05) is 0 Å². The van der Waals surface area contributed by atoms with Gasteiger partial charge in [0, 0.05) is 64.1 Å². The Morgan fingerprint density at radius 3 is 2.36 bits per heavy atom. The van der Waals surface area contributed by atoms with Crippen molar-refractivity contribution < 1.29 is 9.53 Å². The van der Waals surface area contributed by atoms with Crippen molar-refractivity contribution in [2.45, 2.75) is 26.2 Å². The summed E-state index contributed by atoms with van der Waals surface area (Å²) >= 11 is 0. The zero-order valence-corrected chi connectivity index (χ0v) is 17.0. The van der Waals surface area contributed by atoms with Gasteiger partial charge in [-0.3, -0.25) is 9.69 Å². The third kappa shape index (κ3) is 4.72. The van der Waals surface area contributed by atoms with E-state index in [1.165, 1.54) is 6.42 Å². The van der Waals surface area contributed by atoms with Crippen LogP contribution < -0.4 is 9.80 Å². The number of piperazine rings is 1. The molecule has 28 heavy (non-hydrogen) atoms. The van der Waals surface area contributed by atoms with Crippen LogP contribution >= 0.6 is 0 Å². The van der Waals surface area contributed by atoms with Crippen LogP contribution in [-0.4, -0.2) is 97.8 Å². The summed E-state index contributed by atoms with van der Waals surface area (Å²) in [5, 5.41) is 0. The molecule has 3 fully saturated rings. The molecule has 4 rings (SSSR count).